The molecule has 0 radical (unpaired) electrons. The van der Waals surface area contributed by atoms with Crippen LogP contribution in [0.3, 0.4) is 0 Å². The number of hydrogen-bond acceptors (Lipinski definition) is 5. The Bertz CT molecular complexity index is 1140. The third-order valence-corrected chi connectivity index (χ3v) is 6.46. The molecule has 0 saturated carbocycles. The van der Waals surface area contributed by atoms with Gasteiger partial charge in [-0.3, -0.25) is 4.79 Å². The molecule has 3 aromatic rings. The van der Waals surface area contributed by atoms with Crippen LogP contribution in [0.2, 0.25) is 0 Å². The lowest BCUT2D eigenvalue weighted by Gasteiger charge is -2.25. The van der Waals surface area contributed by atoms with Gasteiger partial charge in [-0.05, 0) is 38.0 Å². The first-order valence-corrected chi connectivity index (χ1v) is 11.1. The average molecular weight is 446 g/mol. The van der Waals surface area contributed by atoms with Crippen molar-refractivity contribution in [3.63, 3.8) is 0 Å². The summed E-state index contributed by atoms with van der Waals surface area (Å²) < 4.78 is 47.4. The number of likely N-dealkylation sites (N-methyl/N-ethyl adjacent to an activating group) is 1. The molecule has 7 nitrogen and oxygen atoms in total. The van der Waals surface area contributed by atoms with Crippen molar-refractivity contribution >= 4 is 15.9 Å². The molecule has 1 unspecified atom stereocenters. The van der Waals surface area contributed by atoms with Gasteiger partial charge in [-0.25, -0.2) is 12.8 Å². The number of nitrogens with zero attached hydrogens (tertiary/aromatic N) is 2. The molecule has 3 rings (SSSR count). The summed E-state index contributed by atoms with van der Waals surface area (Å²) in [4.78, 5) is 14.1. The number of amides is 1. The summed E-state index contributed by atoms with van der Waals surface area (Å²) in [6, 6.07) is 12.9. The second-order valence-corrected chi connectivity index (χ2v) is 8.97. The van der Waals surface area contributed by atoms with Crippen LogP contribution in [0, 0.1) is 19.7 Å². The zero-order valence-electron chi connectivity index (χ0n) is 17.5. The van der Waals surface area contributed by atoms with E-state index >= 15 is 0 Å². The monoisotopic (exact) mass is 445 g/mol. The molecule has 0 fully saturated rings. The zero-order valence-corrected chi connectivity index (χ0v) is 18.3. The van der Waals surface area contributed by atoms with Crippen LogP contribution in [0.1, 0.15) is 22.6 Å². The molecule has 2 aromatic carbocycles. The van der Waals surface area contributed by atoms with Crippen molar-refractivity contribution in [3.05, 3.63) is 83.0 Å². The van der Waals surface area contributed by atoms with E-state index in [0.29, 0.717) is 11.5 Å². The second kappa shape index (κ2) is 9.40. The number of benzene rings is 2. The Kier molecular flexibility index (Phi) is 6.87. The van der Waals surface area contributed by atoms with Gasteiger partial charge in [0.1, 0.15) is 22.5 Å². The van der Waals surface area contributed by atoms with Crippen LogP contribution in [0.4, 0.5) is 4.39 Å². The van der Waals surface area contributed by atoms with Crippen LogP contribution in [0.25, 0.3) is 0 Å². The van der Waals surface area contributed by atoms with Crippen LogP contribution in [0.5, 0.6) is 0 Å². The maximum atomic E-state index is 14.1. The summed E-state index contributed by atoms with van der Waals surface area (Å²) in [6.45, 7) is 3.72. The van der Waals surface area contributed by atoms with Gasteiger partial charge in [0.25, 0.3) is 0 Å². The third kappa shape index (κ3) is 5.36. The number of nitrogens with one attached hydrogen (secondary N) is 1. The van der Waals surface area contributed by atoms with E-state index in [4.69, 9.17) is 4.52 Å². The molecule has 0 saturated heterocycles. The van der Waals surface area contributed by atoms with Crippen LogP contribution >= 0.6 is 0 Å². The molecular formula is C22H24FN3O4S. The number of aryl methyl sites for hydroxylation is 2. The Morgan fingerprint density at radius 3 is 2.39 bits per heavy atom. The minimum atomic E-state index is -4.27. The number of hydrogen-bond donors (Lipinski definition) is 1. The minimum Gasteiger partial charge on any atom is -0.361 e. The van der Waals surface area contributed by atoms with E-state index in [0.717, 1.165) is 23.3 Å². The molecule has 1 N–H and O–H groups in total. The fourth-order valence-corrected chi connectivity index (χ4v) is 4.52. The van der Waals surface area contributed by atoms with Crippen molar-refractivity contribution in [1.29, 1.82) is 0 Å². The number of halogens is 1. The number of carbonyl (C=O) groups excluding carboxylic acids is 1. The Labute approximate surface area is 180 Å². The lowest BCUT2D eigenvalue weighted by atomic mass is 10.1. The average Bonchev–Trinajstić information content (AvgIpc) is 3.05. The number of rotatable bonds is 8. The summed E-state index contributed by atoms with van der Waals surface area (Å²) >= 11 is 0. The van der Waals surface area contributed by atoms with Crippen molar-refractivity contribution in [3.8, 4) is 0 Å². The van der Waals surface area contributed by atoms with Crippen LogP contribution < -0.4 is 4.72 Å². The summed E-state index contributed by atoms with van der Waals surface area (Å²) in [5, 5.41) is 3.88. The molecule has 0 aliphatic rings. The third-order valence-electron chi connectivity index (χ3n) is 4.96. The van der Waals surface area contributed by atoms with Gasteiger partial charge in [-0.2, -0.15) is 4.72 Å². The smallest absolute Gasteiger partial charge is 0.244 e. The van der Waals surface area contributed by atoms with E-state index in [1.807, 2.05) is 6.07 Å². The lowest BCUT2D eigenvalue weighted by molar-refractivity contribution is -0.132. The van der Waals surface area contributed by atoms with Gasteiger partial charge in [0.15, 0.2) is 0 Å². The van der Waals surface area contributed by atoms with E-state index in [-0.39, 0.29) is 13.0 Å². The van der Waals surface area contributed by atoms with Crippen molar-refractivity contribution in [1.82, 2.24) is 14.8 Å². The van der Waals surface area contributed by atoms with Crippen molar-refractivity contribution in [2.45, 2.75) is 37.8 Å². The summed E-state index contributed by atoms with van der Waals surface area (Å²) in [5.74, 6) is -0.752. The fourth-order valence-electron chi connectivity index (χ4n) is 3.25. The summed E-state index contributed by atoms with van der Waals surface area (Å²) in [7, 11) is -2.70. The van der Waals surface area contributed by atoms with Gasteiger partial charge < -0.3 is 9.42 Å². The first-order valence-electron chi connectivity index (χ1n) is 9.66. The van der Waals surface area contributed by atoms with Crippen LogP contribution in [-0.4, -0.2) is 37.5 Å². The molecule has 9 heteroatoms. The molecule has 1 heterocycles. The maximum absolute atomic E-state index is 14.1. The SMILES string of the molecule is Cc1noc(C)c1CN(C)C(=O)C(Cc1ccccc1)NS(=O)(=O)c1ccccc1F. The molecule has 1 amide bonds. The molecule has 0 aliphatic heterocycles. The number of carbonyl (C=O) groups is 1. The summed E-state index contributed by atoms with van der Waals surface area (Å²) in [5.41, 5.74) is 2.18. The normalized spacial score (nSPS) is 12.5. The highest BCUT2D eigenvalue weighted by atomic mass is 32.2. The van der Waals surface area contributed by atoms with E-state index in [2.05, 4.69) is 9.88 Å². The van der Waals surface area contributed by atoms with Gasteiger partial charge in [-0.15, -0.1) is 0 Å². The molecule has 0 spiro atoms. The zero-order chi connectivity index (χ0) is 22.6. The Morgan fingerprint density at radius 1 is 1.13 bits per heavy atom. The lowest BCUT2D eigenvalue weighted by Crippen LogP contribution is -2.48. The molecule has 0 aliphatic carbocycles. The molecule has 31 heavy (non-hydrogen) atoms. The molecular weight excluding hydrogens is 421 g/mol. The second-order valence-electron chi connectivity index (χ2n) is 7.29. The Morgan fingerprint density at radius 2 is 1.77 bits per heavy atom. The van der Waals surface area contributed by atoms with E-state index in [9.17, 15) is 17.6 Å². The van der Waals surface area contributed by atoms with Gasteiger partial charge >= 0.3 is 0 Å². The molecule has 1 aromatic heterocycles. The van der Waals surface area contributed by atoms with Gasteiger partial charge in [0, 0.05) is 12.6 Å². The number of sulfonamides is 1. The van der Waals surface area contributed by atoms with Gasteiger partial charge in [-0.1, -0.05) is 47.6 Å². The van der Waals surface area contributed by atoms with E-state index in [1.54, 1.807) is 45.2 Å². The standard InChI is InChI=1S/C22H24FN3O4S/c1-15-18(16(2)30-24-15)14-26(3)22(27)20(13-17-9-5-4-6-10-17)25-31(28,29)21-12-8-7-11-19(21)23/h4-12,20,25H,13-14H2,1-3H3. The van der Waals surface area contributed by atoms with Gasteiger partial charge in [0.2, 0.25) is 15.9 Å². The molecule has 1 atom stereocenters. The van der Waals surface area contributed by atoms with Crippen molar-refractivity contribution in [2.75, 3.05) is 7.05 Å². The minimum absolute atomic E-state index is 0.110. The number of aromatic nitrogens is 1. The Hall–Kier alpha value is -3.04. The van der Waals surface area contributed by atoms with Crippen molar-refractivity contribution in [2.24, 2.45) is 0 Å². The Balaban J connectivity index is 1.88. The topological polar surface area (TPSA) is 92.5 Å². The predicted molar refractivity (Wildman–Crippen MR) is 113 cm³/mol. The fraction of sp³-hybridized carbons (Fsp3) is 0.273. The predicted octanol–water partition coefficient (Wildman–Crippen LogP) is 2.98. The highest BCUT2D eigenvalue weighted by Crippen LogP contribution is 2.18. The highest BCUT2D eigenvalue weighted by Gasteiger charge is 2.30. The first kappa shape index (κ1) is 22.6. The van der Waals surface area contributed by atoms with E-state index < -0.39 is 32.7 Å². The van der Waals surface area contributed by atoms with Crippen LogP contribution in [0.15, 0.2) is 64.0 Å². The molecule has 0 bridgehead atoms. The molecule has 164 valence electrons. The summed E-state index contributed by atoms with van der Waals surface area (Å²) in [6.07, 6.45) is 0.110. The maximum Gasteiger partial charge on any atom is 0.244 e. The first-order chi connectivity index (χ1) is 14.7. The largest absolute Gasteiger partial charge is 0.361 e. The van der Waals surface area contributed by atoms with Crippen LogP contribution in [-0.2, 0) is 27.8 Å². The van der Waals surface area contributed by atoms with Crippen molar-refractivity contribution < 1.29 is 22.1 Å². The quantitative estimate of drug-likeness (QED) is 0.576. The van der Waals surface area contributed by atoms with E-state index in [1.165, 1.54) is 17.0 Å². The van der Waals surface area contributed by atoms with Gasteiger partial charge in [0.05, 0.1) is 12.2 Å². The highest BCUT2D eigenvalue weighted by molar-refractivity contribution is 7.89.